The van der Waals surface area contributed by atoms with E-state index in [-0.39, 0.29) is 13.2 Å². The zero-order valence-electron chi connectivity index (χ0n) is 8.52. The van der Waals surface area contributed by atoms with Crippen LogP contribution in [-0.2, 0) is 23.6 Å². The van der Waals surface area contributed by atoms with Gasteiger partial charge in [-0.3, -0.25) is 4.57 Å². The van der Waals surface area contributed by atoms with E-state index in [1.807, 2.05) is 0 Å². The normalized spacial score (nSPS) is 13.1. The number of sulfonamides is 1. The Kier molecular flexibility index (Phi) is 5.85. The molecule has 1 N–H and O–H groups in total. The quantitative estimate of drug-likeness (QED) is 0.669. The average Bonchev–Trinajstić information content (AvgIpc) is 2.03. The lowest BCUT2D eigenvalue weighted by molar-refractivity contribution is 0.223. The maximum atomic E-state index is 11.7. The highest BCUT2D eigenvalue weighted by Crippen LogP contribution is 2.48. The lowest BCUT2D eigenvalue weighted by Gasteiger charge is -2.16. The van der Waals surface area contributed by atoms with Gasteiger partial charge in [-0.15, -0.1) is 0 Å². The van der Waals surface area contributed by atoms with Crippen LogP contribution in [0.4, 0.5) is 0 Å². The third-order valence-corrected chi connectivity index (χ3v) is 5.84. The summed E-state index contributed by atoms with van der Waals surface area (Å²) in [5.74, 6) is 0. The first-order valence-electron chi connectivity index (χ1n) is 4.18. The maximum absolute atomic E-state index is 11.7. The first-order chi connectivity index (χ1) is 6.39. The second-order valence-corrected chi connectivity index (χ2v) is 6.80. The molecule has 0 radical (unpaired) electrons. The highest BCUT2D eigenvalue weighted by atomic mass is 32.2. The molecule has 0 aromatic heterocycles. The van der Waals surface area contributed by atoms with Crippen molar-refractivity contribution < 1.29 is 22.0 Å². The third kappa shape index (κ3) is 5.07. The van der Waals surface area contributed by atoms with Crippen molar-refractivity contribution in [3.63, 3.8) is 0 Å². The van der Waals surface area contributed by atoms with Gasteiger partial charge in [-0.1, -0.05) is 0 Å². The van der Waals surface area contributed by atoms with Crippen molar-refractivity contribution >= 4 is 17.6 Å². The lowest BCUT2D eigenvalue weighted by Crippen LogP contribution is -2.23. The van der Waals surface area contributed by atoms with E-state index in [4.69, 9.17) is 9.05 Å². The summed E-state index contributed by atoms with van der Waals surface area (Å²) < 4.78 is 45.7. The van der Waals surface area contributed by atoms with Crippen LogP contribution >= 0.6 is 7.60 Å². The van der Waals surface area contributed by atoms with Gasteiger partial charge in [0.05, 0.1) is 13.2 Å². The molecule has 0 rings (SSSR count). The molecule has 14 heavy (non-hydrogen) atoms. The van der Waals surface area contributed by atoms with E-state index < -0.39 is 23.1 Å². The second kappa shape index (κ2) is 5.82. The smallest absolute Gasteiger partial charge is 0.308 e. The fourth-order valence-corrected chi connectivity index (χ4v) is 4.42. The van der Waals surface area contributed by atoms with Crippen LogP contribution in [0.3, 0.4) is 0 Å². The molecule has 0 amide bonds. The summed E-state index contributed by atoms with van der Waals surface area (Å²) in [5, 5.41) is 0. The van der Waals surface area contributed by atoms with Crippen molar-refractivity contribution in [1.82, 2.24) is 4.72 Å². The monoisotopic (exact) mass is 245 g/mol. The van der Waals surface area contributed by atoms with E-state index in [9.17, 15) is 13.0 Å². The Morgan fingerprint density at radius 3 is 1.93 bits per heavy atom. The van der Waals surface area contributed by atoms with Gasteiger partial charge < -0.3 is 9.05 Å². The highest BCUT2D eigenvalue weighted by Gasteiger charge is 2.30. The molecular formula is C6H16NO5PS. The largest absolute Gasteiger partial charge is 0.347 e. The SMILES string of the molecule is CCOP(=O)(CS(=O)(=O)NC)OCC. The van der Waals surface area contributed by atoms with Crippen LogP contribution in [0.15, 0.2) is 0 Å². The molecule has 86 valence electrons. The number of rotatable bonds is 7. The molecule has 0 bridgehead atoms. The molecule has 0 saturated carbocycles. The van der Waals surface area contributed by atoms with Crippen molar-refractivity contribution in [2.75, 3.05) is 25.8 Å². The van der Waals surface area contributed by atoms with Crippen LogP contribution in [0, 0.1) is 0 Å². The summed E-state index contributed by atoms with van der Waals surface area (Å²) in [6, 6.07) is 0. The highest BCUT2D eigenvalue weighted by molar-refractivity contribution is 7.96. The lowest BCUT2D eigenvalue weighted by atomic mass is 10.9. The van der Waals surface area contributed by atoms with Crippen molar-refractivity contribution in [3.8, 4) is 0 Å². The molecule has 0 fully saturated rings. The summed E-state index contributed by atoms with van der Waals surface area (Å²) >= 11 is 0. The number of hydrogen-bond acceptors (Lipinski definition) is 5. The van der Waals surface area contributed by atoms with Crippen molar-refractivity contribution in [2.24, 2.45) is 0 Å². The number of nitrogens with one attached hydrogen (secondary N) is 1. The second-order valence-electron chi connectivity index (χ2n) is 2.39. The number of hydrogen-bond donors (Lipinski definition) is 1. The predicted octanol–water partition coefficient (Wildman–Crippen LogP) is 0.759. The van der Waals surface area contributed by atoms with E-state index in [1.165, 1.54) is 7.05 Å². The van der Waals surface area contributed by atoms with E-state index in [2.05, 4.69) is 4.72 Å². The van der Waals surface area contributed by atoms with E-state index in [0.717, 1.165) is 0 Å². The predicted molar refractivity (Wildman–Crippen MR) is 53.7 cm³/mol. The standard InChI is InChI=1S/C6H16NO5PS/c1-4-11-13(8,12-5-2)6-14(9,10)7-3/h7H,4-6H2,1-3H3. The molecular weight excluding hydrogens is 229 g/mol. The zero-order valence-corrected chi connectivity index (χ0v) is 10.2. The van der Waals surface area contributed by atoms with Crippen LogP contribution in [-0.4, -0.2) is 34.2 Å². The molecule has 0 heterocycles. The molecule has 0 aliphatic heterocycles. The van der Waals surface area contributed by atoms with Gasteiger partial charge in [-0.05, 0) is 20.9 Å². The van der Waals surface area contributed by atoms with Gasteiger partial charge in [0.1, 0.15) is 0 Å². The van der Waals surface area contributed by atoms with Gasteiger partial charge in [0.15, 0.2) is 5.49 Å². The third-order valence-electron chi connectivity index (χ3n) is 1.29. The molecule has 0 atom stereocenters. The van der Waals surface area contributed by atoms with Crippen molar-refractivity contribution in [2.45, 2.75) is 13.8 Å². The van der Waals surface area contributed by atoms with Crippen LogP contribution in [0.2, 0.25) is 0 Å². The average molecular weight is 245 g/mol. The summed E-state index contributed by atoms with van der Waals surface area (Å²) in [6.07, 6.45) is 0. The van der Waals surface area contributed by atoms with Crippen LogP contribution in [0.5, 0.6) is 0 Å². The Labute approximate surface area is 84.6 Å². The van der Waals surface area contributed by atoms with Gasteiger partial charge >= 0.3 is 7.60 Å². The molecule has 6 nitrogen and oxygen atoms in total. The summed E-state index contributed by atoms with van der Waals surface area (Å²) in [6.45, 7) is 3.54. The van der Waals surface area contributed by atoms with E-state index in [1.54, 1.807) is 13.8 Å². The molecule has 0 aliphatic carbocycles. The van der Waals surface area contributed by atoms with Crippen molar-refractivity contribution in [1.29, 1.82) is 0 Å². The van der Waals surface area contributed by atoms with Gasteiger partial charge in [0, 0.05) is 0 Å². The fourth-order valence-electron chi connectivity index (χ4n) is 0.778. The zero-order chi connectivity index (χ0) is 11.2. The summed E-state index contributed by atoms with van der Waals surface area (Å²) in [4.78, 5) is 0. The summed E-state index contributed by atoms with van der Waals surface area (Å²) in [5.41, 5.74) is -0.641. The van der Waals surface area contributed by atoms with Crippen LogP contribution < -0.4 is 4.72 Å². The fraction of sp³-hybridized carbons (Fsp3) is 1.00. The molecule has 0 aromatic carbocycles. The molecule has 0 unspecified atom stereocenters. The molecule has 0 aliphatic rings. The Bertz CT molecular complexity index is 291. The van der Waals surface area contributed by atoms with Crippen molar-refractivity contribution in [3.05, 3.63) is 0 Å². The summed E-state index contributed by atoms with van der Waals surface area (Å²) in [7, 11) is -5.84. The minimum atomic E-state index is -3.58. The minimum Gasteiger partial charge on any atom is -0.308 e. The van der Waals surface area contributed by atoms with Gasteiger partial charge in [0.25, 0.3) is 0 Å². The Hall–Kier alpha value is 0.0600. The first-order valence-corrected chi connectivity index (χ1v) is 7.56. The molecule has 0 aromatic rings. The molecule has 0 saturated heterocycles. The van der Waals surface area contributed by atoms with Crippen LogP contribution in [0.1, 0.15) is 13.8 Å². The molecule has 0 spiro atoms. The van der Waals surface area contributed by atoms with Gasteiger partial charge in [-0.2, -0.15) is 0 Å². The Balaban J connectivity index is 4.61. The first kappa shape index (κ1) is 14.1. The maximum Gasteiger partial charge on any atom is 0.347 e. The minimum absolute atomic E-state index is 0.149. The Morgan fingerprint density at radius 2 is 1.64 bits per heavy atom. The Morgan fingerprint density at radius 1 is 1.21 bits per heavy atom. The van der Waals surface area contributed by atoms with Gasteiger partial charge in [-0.25, -0.2) is 13.1 Å². The van der Waals surface area contributed by atoms with Gasteiger partial charge in [0.2, 0.25) is 10.0 Å². The van der Waals surface area contributed by atoms with E-state index >= 15 is 0 Å². The topological polar surface area (TPSA) is 81.7 Å². The van der Waals surface area contributed by atoms with E-state index in [0.29, 0.717) is 0 Å². The molecule has 8 heteroatoms. The van der Waals surface area contributed by atoms with Crippen LogP contribution in [0.25, 0.3) is 0 Å².